The summed E-state index contributed by atoms with van der Waals surface area (Å²) >= 11 is 0. The Kier molecular flexibility index (Phi) is 4.75. The number of nitrogens with zero attached hydrogens (tertiary/aromatic N) is 2. The highest BCUT2D eigenvalue weighted by Gasteiger charge is 2.23. The van der Waals surface area contributed by atoms with Gasteiger partial charge in [0.25, 0.3) is 5.91 Å². The van der Waals surface area contributed by atoms with Crippen molar-refractivity contribution < 1.29 is 9.59 Å². The standard InChI is InChI=1S/C13H23N5O2/c1-6-18-7-9(14)10(17-18)12(20)15-8(2)11(19)16-13(3,4)5/h7-8H,6,14H2,1-5H3,(H,15,20)(H,16,19). The number of hydrogen-bond donors (Lipinski definition) is 3. The van der Waals surface area contributed by atoms with Gasteiger partial charge < -0.3 is 16.4 Å². The van der Waals surface area contributed by atoms with Crippen molar-refractivity contribution in [1.29, 1.82) is 0 Å². The molecule has 0 aliphatic rings. The largest absolute Gasteiger partial charge is 0.396 e. The lowest BCUT2D eigenvalue weighted by Gasteiger charge is -2.23. The van der Waals surface area contributed by atoms with Crippen LogP contribution in [0.25, 0.3) is 0 Å². The smallest absolute Gasteiger partial charge is 0.274 e. The minimum absolute atomic E-state index is 0.141. The number of hydrogen-bond acceptors (Lipinski definition) is 4. The molecule has 1 unspecified atom stereocenters. The van der Waals surface area contributed by atoms with Gasteiger partial charge in [-0.15, -0.1) is 0 Å². The van der Waals surface area contributed by atoms with E-state index in [9.17, 15) is 9.59 Å². The van der Waals surface area contributed by atoms with Crippen LogP contribution >= 0.6 is 0 Å². The van der Waals surface area contributed by atoms with Crippen LogP contribution in [0.5, 0.6) is 0 Å². The Bertz CT molecular complexity index is 501. The first-order valence-electron chi connectivity index (χ1n) is 6.60. The van der Waals surface area contributed by atoms with Gasteiger partial charge in [0.15, 0.2) is 5.69 Å². The van der Waals surface area contributed by atoms with Crippen LogP contribution in [-0.2, 0) is 11.3 Å². The van der Waals surface area contributed by atoms with Crippen molar-refractivity contribution in [3.63, 3.8) is 0 Å². The van der Waals surface area contributed by atoms with Crippen LogP contribution in [0, 0.1) is 0 Å². The molecule has 0 saturated carbocycles. The number of anilines is 1. The number of nitrogens with one attached hydrogen (secondary N) is 2. The van der Waals surface area contributed by atoms with Crippen molar-refractivity contribution in [3.8, 4) is 0 Å². The number of amides is 2. The van der Waals surface area contributed by atoms with E-state index in [2.05, 4.69) is 15.7 Å². The Labute approximate surface area is 118 Å². The van der Waals surface area contributed by atoms with Gasteiger partial charge in [-0.05, 0) is 34.6 Å². The lowest BCUT2D eigenvalue weighted by molar-refractivity contribution is -0.124. The number of carbonyl (C=O) groups is 2. The van der Waals surface area contributed by atoms with Crippen molar-refractivity contribution >= 4 is 17.5 Å². The molecule has 0 radical (unpaired) electrons. The molecule has 1 heterocycles. The van der Waals surface area contributed by atoms with Gasteiger partial charge >= 0.3 is 0 Å². The van der Waals surface area contributed by atoms with Crippen LogP contribution in [0.2, 0.25) is 0 Å². The zero-order chi connectivity index (χ0) is 15.5. The first-order valence-corrected chi connectivity index (χ1v) is 6.60. The summed E-state index contributed by atoms with van der Waals surface area (Å²) in [6.45, 7) is 9.76. The van der Waals surface area contributed by atoms with E-state index in [1.54, 1.807) is 17.8 Å². The predicted molar refractivity (Wildman–Crippen MR) is 77.1 cm³/mol. The molecule has 7 nitrogen and oxygen atoms in total. The monoisotopic (exact) mass is 281 g/mol. The van der Waals surface area contributed by atoms with Gasteiger partial charge in [0.05, 0.1) is 5.69 Å². The van der Waals surface area contributed by atoms with E-state index >= 15 is 0 Å². The lowest BCUT2D eigenvalue weighted by Crippen LogP contribution is -2.51. The van der Waals surface area contributed by atoms with Crippen molar-refractivity contribution in [2.45, 2.75) is 52.7 Å². The third kappa shape index (κ3) is 4.25. The summed E-state index contributed by atoms with van der Waals surface area (Å²) in [6.07, 6.45) is 1.59. The fourth-order valence-electron chi connectivity index (χ4n) is 1.58. The average Bonchev–Trinajstić information content (AvgIpc) is 2.68. The molecule has 4 N–H and O–H groups in total. The van der Waals surface area contributed by atoms with Gasteiger partial charge in [-0.3, -0.25) is 14.3 Å². The van der Waals surface area contributed by atoms with Crippen LogP contribution in [0.3, 0.4) is 0 Å². The van der Waals surface area contributed by atoms with Crippen LogP contribution < -0.4 is 16.4 Å². The zero-order valence-electron chi connectivity index (χ0n) is 12.7. The maximum Gasteiger partial charge on any atom is 0.274 e. The molecule has 0 aliphatic heterocycles. The van der Waals surface area contributed by atoms with Crippen LogP contribution in [-0.4, -0.2) is 33.2 Å². The van der Waals surface area contributed by atoms with Crippen LogP contribution in [0.1, 0.15) is 45.1 Å². The number of rotatable bonds is 4. The van der Waals surface area contributed by atoms with E-state index in [1.165, 1.54) is 0 Å². The molecule has 0 aromatic carbocycles. The summed E-state index contributed by atoms with van der Waals surface area (Å²) in [5, 5.41) is 9.45. The average molecular weight is 281 g/mol. The van der Waals surface area contributed by atoms with Crippen LogP contribution in [0.15, 0.2) is 6.20 Å². The minimum Gasteiger partial charge on any atom is -0.396 e. The molecule has 0 aliphatic carbocycles. The van der Waals surface area contributed by atoms with E-state index in [0.29, 0.717) is 12.2 Å². The van der Waals surface area contributed by atoms with E-state index in [4.69, 9.17) is 5.73 Å². The zero-order valence-corrected chi connectivity index (χ0v) is 12.7. The fraction of sp³-hybridized carbons (Fsp3) is 0.615. The molecule has 7 heteroatoms. The molecule has 0 saturated heterocycles. The van der Waals surface area contributed by atoms with Crippen molar-refractivity contribution in [1.82, 2.24) is 20.4 Å². The molecule has 1 rings (SSSR count). The van der Waals surface area contributed by atoms with Gasteiger partial charge in [0, 0.05) is 18.3 Å². The number of aryl methyl sites for hydroxylation is 1. The normalized spacial score (nSPS) is 12.8. The molecule has 20 heavy (non-hydrogen) atoms. The molecule has 1 aromatic rings. The molecule has 1 atom stereocenters. The second-order valence-corrected chi connectivity index (χ2v) is 5.72. The van der Waals surface area contributed by atoms with Gasteiger partial charge in [0.2, 0.25) is 5.91 Å². The van der Waals surface area contributed by atoms with Gasteiger partial charge in [0.1, 0.15) is 6.04 Å². The van der Waals surface area contributed by atoms with Gasteiger partial charge in [-0.1, -0.05) is 0 Å². The molecule has 2 amide bonds. The maximum atomic E-state index is 12.0. The predicted octanol–water partition coefficient (Wildman–Crippen LogP) is 0.518. The molecule has 1 aromatic heterocycles. The molecule has 0 bridgehead atoms. The summed E-state index contributed by atoms with van der Waals surface area (Å²) in [7, 11) is 0. The number of aromatic nitrogens is 2. The SMILES string of the molecule is CCn1cc(N)c(C(=O)NC(C)C(=O)NC(C)(C)C)n1. The third-order valence-electron chi connectivity index (χ3n) is 2.57. The summed E-state index contributed by atoms with van der Waals surface area (Å²) in [4.78, 5) is 23.9. The molecular formula is C13H23N5O2. The number of nitrogens with two attached hydrogens (primary N) is 1. The number of carbonyl (C=O) groups excluding carboxylic acids is 2. The summed E-state index contributed by atoms with van der Waals surface area (Å²) in [5.41, 5.74) is 5.82. The Morgan fingerprint density at radius 1 is 1.45 bits per heavy atom. The first kappa shape index (κ1) is 16.0. The Hall–Kier alpha value is -2.05. The number of nitrogen functional groups attached to an aromatic ring is 1. The lowest BCUT2D eigenvalue weighted by atomic mass is 10.1. The fourth-order valence-corrected chi connectivity index (χ4v) is 1.58. The maximum absolute atomic E-state index is 12.0. The molecule has 112 valence electrons. The van der Waals surface area contributed by atoms with Crippen LogP contribution in [0.4, 0.5) is 5.69 Å². The van der Waals surface area contributed by atoms with E-state index in [1.807, 2.05) is 27.7 Å². The van der Waals surface area contributed by atoms with Crippen molar-refractivity contribution in [2.24, 2.45) is 0 Å². The quantitative estimate of drug-likeness (QED) is 0.748. The molecule has 0 spiro atoms. The summed E-state index contributed by atoms with van der Waals surface area (Å²) in [5.74, 6) is -0.703. The molecule has 0 fully saturated rings. The minimum atomic E-state index is -0.659. The van der Waals surface area contributed by atoms with Gasteiger partial charge in [-0.25, -0.2) is 0 Å². The first-order chi connectivity index (χ1) is 9.14. The van der Waals surface area contributed by atoms with Crippen molar-refractivity contribution in [2.75, 3.05) is 5.73 Å². The van der Waals surface area contributed by atoms with Gasteiger partial charge in [-0.2, -0.15) is 5.10 Å². The highest BCUT2D eigenvalue weighted by molar-refractivity contribution is 5.99. The Balaban J connectivity index is 2.70. The highest BCUT2D eigenvalue weighted by atomic mass is 16.2. The van der Waals surface area contributed by atoms with E-state index in [0.717, 1.165) is 0 Å². The van der Waals surface area contributed by atoms with E-state index in [-0.39, 0.29) is 17.1 Å². The second kappa shape index (κ2) is 5.94. The summed E-state index contributed by atoms with van der Waals surface area (Å²) in [6, 6.07) is -0.659. The Morgan fingerprint density at radius 3 is 2.50 bits per heavy atom. The topological polar surface area (TPSA) is 102 Å². The Morgan fingerprint density at radius 2 is 2.05 bits per heavy atom. The molecular weight excluding hydrogens is 258 g/mol. The second-order valence-electron chi connectivity index (χ2n) is 5.72. The third-order valence-corrected chi connectivity index (χ3v) is 2.57. The van der Waals surface area contributed by atoms with Crippen molar-refractivity contribution in [3.05, 3.63) is 11.9 Å². The highest BCUT2D eigenvalue weighted by Crippen LogP contribution is 2.09. The summed E-state index contributed by atoms with van der Waals surface area (Å²) < 4.78 is 1.57. The van der Waals surface area contributed by atoms with E-state index < -0.39 is 11.9 Å².